The van der Waals surface area contributed by atoms with E-state index in [0.29, 0.717) is 12.3 Å². The Labute approximate surface area is 110 Å². The molecule has 1 fully saturated rings. The Hall–Kier alpha value is -1.15. The minimum Gasteiger partial charge on any atom is -0.328 e. The van der Waals surface area contributed by atoms with Crippen LogP contribution in [0.25, 0.3) is 0 Å². The maximum atomic E-state index is 11.9. The van der Waals surface area contributed by atoms with Crippen LogP contribution in [0.1, 0.15) is 67.3 Å². The third-order valence-electron chi connectivity index (χ3n) is 3.82. The van der Waals surface area contributed by atoms with E-state index >= 15 is 0 Å². The topological polar surface area (TPSA) is 43.1 Å². The molecule has 0 saturated heterocycles. The number of rotatable bonds is 4. The first-order valence-corrected chi connectivity index (χ1v) is 7.05. The van der Waals surface area contributed by atoms with Gasteiger partial charge in [0.1, 0.15) is 0 Å². The zero-order valence-corrected chi connectivity index (χ0v) is 11.2. The third kappa shape index (κ3) is 3.42. The standard InChI is InChI=1S/C16H23NO/c1-12(17)11-16(18)15-9-7-14(8-10-15)13-5-3-2-4-6-13/h7-10,12-13H,2-6,11,17H2,1H3. The summed E-state index contributed by atoms with van der Waals surface area (Å²) >= 11 is 0. The zero-order valence-electron chi connectivity index (χ0n) is 11.2. The number of benzene rings is 1. The summed E-state index contributed by atoms with van der Waals surface area (Å²) in [6.45, 7) is 1.87. The second-order valence-electron chi connectivity index (χ2n) is 5.56. The van der Waals surface area contributed by atoms with Crippen molar-refractivity contribution in [3.63, 3.8) is 0 Å². The maximum Gasteiger partial charge on any atom is 0.164 e. The number of carbonyl (C=O) groups is 1. The highest BCUT2D eigenvalue weighted by Crippen LogP contribution is 2.32. The normalized spacial score (nSPS) is 18.6. The molecule has 2 N–H and O–H groups in total. The molecule has 0 heterocycles. The molecule has 1 aromatic carbocycles. The molecule has 2 nitrogen and oxygen atoms in total. The summed E-state index contributed by atoms with van der Waals surface area (Å²) in [6, 6.07) is 8.13. The van der Waals surface area contributed by atoms with Crippen LogP contribution < -0.4 is 5.73 Å². The van der Waals surface area contributed by atoms with Crippen LogP contribution >= 0.6 is 0 Å². The van der Waals surface area contributed by atoms with Crippen molar-refractivity contribution in [1.82, 2.24) is 0 Å². The van der Waals surface area contributed by atoms with E-state index in [1.54, 1.807) is 0 Å². The molecule has 18 heavy (non-hydrogen) atoms. The number of hydrogen-bond donors (Lipinski definition) is 1. The minimum atomic E-state index is -0.0597. The predicted octanol–water partition coefficient (Wildman–Crippen LogP) is 3.65. The van der Waals surface area contributed by atoms with Crippen LogP contribution in [0.3, 0.4) is 0 Å². The molecular weight excluding hydrogens is 222 g/mol. The summed E-state index contributed by atoms with van der Waals surface area (Å²) in [7, 11) is 0. The molecule has 2 heteroatoms. The summed E-state index contributed by atoms with van der Waals surface area (Å²) in [5.41, 5.74) is 7.85. The molecule has 1 atom stereocenters. The Kier molecular flexibility index (Phi) is 4.54. The highest BCUT2D eigenvalue weighted by molar-refractivity contribution is 5.96. The molecule has 2 rings (SSSR count). The predicted molar refractivity (Wildman–Crippen MR) is 74.9 cm³/mol. The van der Waals surface area contributed by atoms with Crippen LogP contribution in [-0.4, -0.2) is 11.8 Å². The molecule has 1 unspecified atom stereocenters. The molecular formula is C16H23NO. The van der Waals surface area contributed by atoms with Gasteiger partial charge in [-0.05, 0) is 31.2 Å². The average Bonchev–Trinajstić information content (AvgIpc) is 2.39. The van der Waals surface area contributed by atoms with E-state index in [1.807, 2.05) is 19.1 Å². The van der Waals surface area contributed by atoms with Crippen LogP contribution in [0, 0.1) is 0 Å². The summed E-state index contributed by atoms with van der Waals surface area (Å²) in [5.74, 6) is 0.858. The molecule has 1 aliphatic rings. The van der Waals surface area contributed by atoms with Crippen molar-refractivity contribution in [2.45, 2.75) is 57.4 Å². The van der Waals surface area contributed by atoms with Crippen molar-refractivity contribution in [1.29, 1.82) is 0 Å². The van der Waals surface area contributed by atoms with Gasteiger partial charge in [0, 0.05) is 18.0 Å². The molecule has 0 spiro atoms. The quantitative estimate of drug-likeness (QED) is 0.823. The van der Waals surface area contributed by atoms with Crippen LogP contribution in [0.15, 0.2) is 24.3 Å². The fourth-order valence-corrected chi connectivity index (χ4v) is 2.79. The van der Waals surface area contributed by atoms with Gasteiger partial charge in [-0.1, -0.05) is 43.5 Å². The van der Waals surface area contributed by atoms with E-state index < -0.39 is 0 Å². The first-order valence-electron chi connectivity index (χ1n) is 7.05. The first kappa shape index (κ1) is 13.3. The van der Waals surface area contributed by atoms with Gasteiger partial charge in [-0.25, -0.2) is 0 Å². The van der Waals surface area contributed by atoms with Crippen LogP contribution in [0.2, 0.25) is 0 Å². The lowest BCUT2D eigenvalue weighted by atomic mass is 9.84. The van der Waals surface area contributed by atoms with Gasteiger partial charge in [-0.2, -0.15) is 0 Å². The first-order chi connectivity index (χ1) is 8.66. The molecule has 1 aromatic rings. The summed E-state index contributed by atoms with van der Waals surface area (Å²) in [6.07, 6.45) is 7.09. The monoisotopic (exact) mass is 245 g/mol. The lowest BCUT2D eigenvalue weighted by Crippen LogP contribution is -2.19. The maximum absolute atomic E-state index is 11.9. The van der Waals surface area contributed by atoms with Crippen molar-refractivity contribution >= 4 is 5.78 Å². The number of carbonyl (C=O) groups excluding carboxylic acids is 1. The SMILES string of the molecule is CC(N)CC(=O)c1ccc(C2CCCCC2)cc1. The van der Waals surface area contributed by atoms with Crippen LogP contribution in [0.4, 0.5) is 0 Å². The van der Waals surface area contributed by atoms with E-state index in [-0.39, 0.29) is 11.8 Å². The fourth-order valence-electron chi connectivity index (χ4n) is 2.79. The lowest BCUT2D eigenvalue weighted by molar-refractivity contribution is 0.0976. The molecule has 1 aliphatic carbocycles. The van der Waals surface area contributed by atoms with Gasteiger partial charge < -0.3 is 5.73 Å². The van der Waals surface area contributed by atoms with E-state index in [1.165, 1.54) is 37.7 Å². The minimum absolute atomic E-state index is 0.0597. The molecule has 98 valence electrons. The molecule has 0 aliphatic heterocycles. The average molecular weight is 245 g/mol. The number of Topliss-reactive ketones (excluding diaryl/α,β-unsaturated/α-hetero) is 1. The summed E-state index contributed by atoms with van der Waals surface area (Å²) in [5, 5.41) is 0. The summed E-state index contributed by atoms with van der Waals surface area (Å²) in [4.78, 5) is 11.9. The van der Waals surface area contributed by atoms with Crippen molar-refractivity contribution in [2.75, 3.05) is 0 Å². The second kappa shape index (κ2) is 6.14. The number of hydrogen-bond acceptors (Lipinski definition) is 2. The zero-order chi connectivity index (χ0) is 13.0. The van der Waals surface area contributed by atoms with Gasteiger partial charge in [0.05, 0.1) is 0 Å². The van der Waals surface area contributed by atoms with Crippen molar-refractivity contribution in [2.24, 2.45) is 5.73 Å². The Balaban J connectivity index is 2.02. The van der Waals surface area contributed by atoms with E-state index in [0.717, 1.165) is 5.56 Å². The van der Waals surface area contributed by atoms with Gasteiger partial charge >= 0.3 is 0 Å². The molecule has 1 saturated carbocycles. The lowest BCUT2D eigenvalue weighted by Gasteiger charge is -2.22. The van der Waals surface area contributed by atoms with Crippen molar-refractivity contribution in [3.8, 4) is 0 Å². The van der Waals surface area contributed by atoms with Gasteiger partial charge in [-0.15, -0.1) is 0 Å². The number of nitrogens with two attached hydrogens (primary N) is 1. The number of ketones is 1. The largest absolute Gasteiger partial charge is 0.328 e. The Morgan fingerprint density at radius 1 is 1.22 bits per heavy atom. The smallest absolute Gasteiger partial charge is 0.164 e. The third-order valence-corrected chi connectivity index (χ3v) is 3.82. The molecule has 0 aromatic heterocycles. The highest BCUT2D eigenvalue weighted by atomic mass is 16.1. The molecule has 0 radical (unpaired) electrons. The Bertz CT molecular complexity index is 388. The second-order valence-corrected chi connectivity index (χ2v) is 5.56. The van der Waals surface area contributed by atoms with Gasteiger partial charge in [0.25, 0.3) is 0 Å². The Morgan fingerprint density at radius 2 is 1.83 bits per heavy atom. The fraction of sp³-hybridized carbons (Fsp3) is 0.562. The Morgan fingerprint density at radius 3 is 2.39 bits per heavy atom. The van der Waals surface area contributed by atoms with E-state index in [9.17, 15) is 4.79 Å². The molecule has 0 amide bonds. The van der Waals surface area contributed by atoms with Gasteiger partial charge in [0.2, 0.25) is 0 Å². The van der Waals surface area contributed by atoms with Gasteiger partial charge in [0.15, 0.2) is 5.78 Å². The summed E-state index contributed by atoms with van der Waals surface area (Å²) < 4.78 is 0. The van der Waals surface area contributed by atoms with Crippen molar-refractivity contribution in [3.05, 3.63) is 35.4 Å². The van der Waals surface area contributed by atoms with Crippen LogP contribution in [0.5, 0.6) is 0 Å². The molecule has 0 bridgehead atoms. The highest BCUT2D eigenvalue weighted by Gasteiger charge is 2.16. The van der Waals surface area contributed by atoms with E-state index in [2.05, 4.69) is 12.1 Å². The van der Waals surface area contributed by atoms with Crippen LogP contribution in [-0.2, 0) is 0 Å². The van der Waals surface area contributed by atoms with E-state index in [4.69, 9.17) is 5.73 Å². The van der Waals surface area contributed by atoms with Gasteiger partial charge in [-0.3, -0.25) is 4.79 Å². The van der Waals surface area contributed by atoms with Crippen molar-refractivity contribution < 1.29 is 4.79 Å².